The van der Waals surface area contributed by atoms with Crippen molar-refractivity contribution in [3.8, 4) is 0 Å². The second-order valence-corrected chi connectivity index (χ2v) is 6.15. The first-order chi connectivity index (χ1) is 13.0. The van der Waals surface area contributed by atoms with E-state index in [0.717, 1.165) is 11.1 Å². The minimum absolute atomic E-state index is 0.285. The van der Waals surface area contributed by atoms with E-state index in [-0.39, 0.29) is 5.82 Å². The molecule has 1 aliphatic heterocycles. The van der Waals surface area contributed by atoms with Crippen molar-refractivity contribution in [3.05, 3.63) is 65.3 Å². The standard InChI is InChI=1S/C20H21FN6/c1-4-6-15-12-18(22-13-15)24-19-23-17(25-20(26-19)27(2)3)10-9-14-7-5-8-16(21)11-14/h4-12H,13H2,1-3H3,(H,22,23,24,25,26)/b6-4+,10-9+. The number of halogens is 1. The van der Waals surface area contributed by atoms with Gasteiger partial charge in [-0.2, -0.15) is 15.0 Å². The van der Waals surface area contributed by atoms with Gasteiger partial charge in [-0.25, -0.2) is 4.39 Å². The lowest BCUT2D eigenvalue weighted by Gasteiger charge is -2.12. The Bertz CT molecular complexity index is 943. The Hall–Kier alpha value is -3.35. The lowest BCUT2D eigenvalue weighted by molar-refractivity contribution is 0.627. The molecule has 0 unspecified atom stereocenters. The highest BCUT2D eigenvalue weighted by atomic mass is 19.1. The molecule has 1 aromatic heterocycles. The van der Waals surface area contributed by atoms with E-state index in [2.05, 4.69) is 25.3 Å². The first kappa shape index (κ1) is 18.4. The number of aliphatic imine (C=N–C) groups is 1. The molecule has 1 aliphatic rings. The van der Waals surface area contributed by atoms with E-state index in [0.29, 0.717) is 30.1 Å². The summed E-state index contributed by atoms with van der Waals surface area (Å²) in [5.74, 6) is 1.81. The maximum absolute atomic E-state index is 13.3. The Labute approximate surface area is 157 Å². The van der Waals surface area contributed by atoms with E-state index in [4.69, 9.17) is 0 Å². The SMILES string of the molecule is C/C=C/C1=CC(Nc2nc(/C=C/c3cccc(F)c3)nc(N(C)C)n2)=NC1. The number of allylic oxidation sites excluding steroid dienone is 1. The first-order valence-corrected chi connectivity index (χ1v) is 8.55. The zero-order valence-electron chi connectivity index (χ0n) is 15.5. The van der Waals surface area contributed by atoms with Crippen LogP contribution in [0.5, 0.6) is 0 Å². The van der Waals surface area contributed by atoms with Crippen LogP contribution in [0.2, 0.25) is 0 Å². The van der Waals surface area contributed by atoms with Crippen molar-refractivity contribution < 1.29 is 4.39 Å². The smallest absolute Gasteiger partial charge is 0.233 e. The van der Waals surface area contributed by atoms with Crippen LogP contribution in [-0.4, -0.2) is 41.4 Å². The molecule has 7 heteroatoms. The number of nitrogens with one attached hydrogen (secondary N) is 1. The number of aromatic nitrogens is 3. The molecule has 0 atom stereocenters. The highest BCUT2D eigenvalue weighted by molar-refractivity contribution is 6.05. The lowest BCUT2D eigenvalue weighted by atomic mass is 10.2. The maximum atomic E-state index is 13.3. The van der Waals surface area contributed by atoms with Gasteiger partial charge in [-0.1, -0.05) is 30.4 Å². The molecule has 0 saturated heterocycles. The molecule has 2 heterocycles. The van der Waals surface area contributed by atoms with Crippen LogP contribution in [0.15, 0.2) is 53.1 Å². The molecule has 0 saturated carbocycles. The van der Waals surface area contributed by atoms with Gasteiger partial charge >= 0.3 is 0 Å². The van der Waals surface area contributed by atoms with Crippen molar-refractivity contribution in [2.24, 2.45) is 4.99 Å². The van der Waals surface area contributed by atoms with Crippen LogP contribution in [0.4, 0.5) is 16.3 Å². The topological polar surface area (TPSA) is 66.3 Å². The highest BCUT2D eigenvalue weighted by Gasteiger charge is 2.11. The molecule has 0 spiro atoms. The van der Waals surface area contributed by atoms with E-state index in [1.165, 1.54) is 12.1 Å². The number of rotatable bonds is 5. The van der Waals surface area contributed by atoms with Gasteiger partial charge in [0.1, 0.15) is 11.7 Å². The van der Waals surface area contributed by atoms with E-state index in [1.54, 1.807) is 23.1 Å². The van der Waals surface area contributed by atoms with Gasteiger partial charge < -0.3 is 10.2 Å². The molecule has 0 fully saturated rings. The Morgan fingerprint density at radius 3 is 2.70 bits per heavy atom. The summed E-state index contributed by atoms with van der Waals surface area (Å²) in [6.07, 6.45) is 9.45. The van der Waals surface area contributed by atoms with Crippen molar-refractivity contribution in [1.29, 1.82) is 0 Å². The van der Waals surface area contributed by atoms with Crippen LogP contribution in [0.25, 0.3) is 12.2 Å². The molecule has 138 valence electrons. The molecule has 1 aromatic carbocycles. The van der Waals surface area contributed by atoms with Gasteiger partial charge in [0.05, 0.1) is 6.54 Å². The normalized spacial score (nSPS) is 13.9. The zero-order valence-corrected chi connectivity index (χ0v) is 15.5. The largest absolute Gasteiger partial charge is 0.347 e. The van der Waals surface area contributed by atoms with Gasteiger partial charge in [-0.3, -0.25) is 4.99 Å². The van der Waals surface area contributed by atoms with Gasteiger partial charge in [0.2, 0.25) is 11.9 Å². The summed E-state index contributed by atoms with van der Waals surface area (Å²) in [6, 6.07) is 6.33. The number of hydrogen-bond donors (Lipinski definition) is 1. The predicted octanol–water partition coefficient (Wildman–Crippen LogP) is 3.57. The third kappa shape index (κ3) is 5.07. The Morgan fingerprint density at radius 2 is 1.96 bits per heavy atom. The second-order valence-electron chi connectivity index (χ2n) is 6.15. The van der Waals surface area contributed by atoms with Gasteiger partial charge in [0, 0.05) is 14.1 Å². The molecule has 3 rings (SSSR count). The van der Waals surface area contributed by atoms with E-state index in [9.17, 15) is 4.39 Å². The van der Waals surface area contributed by atoms with E-state index in [1.807, 2.05) is 45.3 Å². The molecule has 0 bridgehead atoms. The molecular weight excluding hydrogens is 343 g/mol. The summed E-state index contributed by atoms with van der Waals surface area (Å²) in [4.78, 5) is 19.5. The van der Waals surface area contributed by atoms with Gasteiger partial charge in [0.25, 0.3) is 0 Å². The first-order valence-electron chi connectivity index (χ1n) is 8.55. The van der Waals surface area contributed by atoms with Crippen molar-refractivity contribution in [2.75, 3.05) is 30.9 Å². The van der Waals surface area contributed by atoms with E-state index >= 15 is 0 Å². The second kappa shape index (κ2) is 8.35. The Balaban J connectivity index is 1.85. The lowest BCUT2D eigenvalue weighted by Crippen LogP contribution is -2.17. The van der Waals surface area contributed by atoms with Crippen LogP contribution >= 0.6 is 0 Å². The van der Waals surface area contributed by atoms with Crippen molar-refractivity contribution in [3.63, 3.8) is 0 Å². The van der Waals surface area contributed by atoms with Crippen molar-refractivity contribution >= 4 is 29.9 Å². The maximum Gasteiger partial charge on any atom is 0.233 e. The van der Waals surface area contributed by atoms with Gasteiger partial charge in [-0.05, 0) is 42.3 Å². The molecular formula is C20H21FN6. The molecule has 0 amide bonds. The number of anilines is 2. The number of nitrogens with zero attached hydrogens (tertiary/aromatic N) is 5. The minimum atomic E-state index is -0.285. The summed E-state index contributed by atoms with van der Waals surface area (Å²) >= 11 is 0. The Kier molecular flexibility index (Phi) is 5.71. The average Bonchev–Trinajstić information content (AvgIpc) is 3.07. The van der Waals surface area contributed by atoms with Crippen LogP contribution in [-0.2, 0) is 0 Å². The Morgan fingerprint density at radius 1 is 1.11 bits per heavy atom. The van der Waals surface area contributed by atoms with Crippen molar-refractivity contribution in [2.45, 2.75) is 6.92 Å². The summed E-state index contributed by atoms with van der Waals surface area (Å²) in [5.41, 5.74) is 1.85. The molecule has 27 heavy (non-hydrogen) atoms. The number of hydrogen-bond acceptors (Lipinski definition) is 6. The van der Waals surface area contributed by atoms with E-state index < -0.39 is 0 Å². The average molecular weight is 364 g/mol. The molecule has 0 radical (unpaired) electrons. The minimum Gasteiger partial charge on any atom is -0.347 e. The fourth-order valence-corrected chi connectivity index (χ4v) is 2.44. The molecule has 0 aliphatic carbocycles. The van der Waals surface area contributed by atoms with Gasteiger partial charge in [0.15, 0.2) is 5.82 Å². The number of benzene rings is 1. The highest BCUT2D eigenvalue weighted by Crippen LogP contribution is 2.14. The third-order valence-electron chi connectivity index (χ3n) is 3.69. The molecule has 1 N–H and O–H groups in total. The fourth-order valence-electron chi connectivity index (χ4n) is 2.44. The van der Waals surface area contributed by atoms with Gasteiger partial charge in [-0.15, -0.1) is 0 Å². The van der Waals surface area contributed by atoms with Crippen LogP contribution in [0.1, 0.15) is 18.3 Å². The zero-order chi connectivity index (χ0) is 19.2. The molecule has 2 aromatic rings. The number of amidine groups is 1. The summed E-state index contributed by atoms with van der Waals surface area (Å²) in [5, 5.41) is 3.13. The van der Waals surface area contributed by atoms with Crippen LogP contribution in [0.3, 0.4) is 0 Å². The summed E-state index contributed by atoms with van der Waals surface area (Å²) in [7, 11) is 3.71. The molecule has 6 nitrogen and oxygen atoms in total. The summed E-state index contributed by atoms with van der Waals surface area (Å²) < 4.78 is 13.3. The third-order valence-corrected chi connectivity index (χ3v) is 3.69. The quantitative estimate of drug-likeness (QED) is 0.878. The predicted molar refractivity (Wildman–Crippen MR) is 108 cm³/mol. The van der Waals surface area contributed by atoms with Crippen LogP contribution < -0.4 is 10.2 Å². The summed E-state index contributed by atoms with van der Waals surface area (Å²) in [6.45, 7) is 2.60. The monoisotopic (exact) mass is 364 g/mol. The fraction of sp³-hybridized carbons (Fsp3) is 0.200. The van der Waals surface area contributed by atoms with Crippen LogP contribution in [0, 0.1) is 5.82 Å². The van der Waals surface area contributed by atoms with Crippen molar-refractivity contribution in [1.82, 2.24) is 15.0 Å².